The lowest BCUT2D eigenvalue weighted by atomic mass is 10.1. The molecule has 0 unspecified atom stereocenters. The first-order valence-corrected chi connectivity index (χ1v) is 5.10. The lowest BCUT2D eigenvalue weighted by Crippen LogP contribution is -2.38. The second-order valence-electron chi connectivity index (χ2n) is 3.84. The Balaban J connectivity index is 2.62. The Kier molecular flexibility index (Phi) is 3.65. The molecular weight excluding hydrogens is 239 g/mol. The topological polar surface area (TPSA) is 65.1 Å². The minimum absolute atomic E-state index is 0.153. The Hall–Kier alpha value is -0.710. The molecule has 4 nitrogen and oxygen atoms in total. The smallest absolute Gasteiger partial charge is 0.267 e. The highest BCUT2D eigenvalue weighted by molar-refractivity contribution is 6.41. The van der Waals surface area contributed by atoms with Crippen LogP contribution in [0.25, 0.3) is 0 Å². The van der Waals surface area contributed by atoms with Gasteiger partial charge in [0.1, 0.15) is 10.8 Å². The summed E-state index contributed by atoms with van der Waals surface area (Å²) in [4.78, 5) is 14.1. The van der Waals surface area contributed by atoms with Crippen molar-refractivity contribution in [3.05, 3.63) is 21.9 Å². The van der Waals surface area contributed by atoms with Gasteiger partial charge in [0, 0.05) is 6.54 Å². The van der Waals surface area contributed by atoms with Crippen molar-refractivity contribution in [3.63, 3.8) is 0 Å². The summed E-state index contributed by atoms with van der Waals surface area (Å²) in [6.45, 7) is 3.35. The predicted molar refractivity (Wildman–Crippen MR) is 59.4 cm³/mol. The van der Waals surface area contributed by atoms with Crippen LogP contribution in [0, 0.1) is 0 Å². The maximum atomic E-state index is 11.5. The van der Waals surface area contributed by atoms with E-state index in [2.05, 4.69) is 10.3 Å². The van der Waals surface area contributed by atoms with Gasteiger partial charge in [-0.05, 0) is 19.9 Å². The summed E-state index contributed by atoms with van der Waals surface area (Å²) in [5.41, 5.74) is -0.676. The van der Waals surface area contributed by atoms with Crippen molar-refractivity contribution in [3.8, 4) is 0 Å². The van der Waals surface area contributed by atoms with E-state index in [1.807, 2.05) is 0 Å². The number of aliphatic hydroxyl groups is 1. The molecular formula is C9H12Cl2N2O2. The number of hydrogen-bond donors (Lipinski definition) is 3. The first-order valence-electron chi connectivity index (χ1n) is 4.34. The molecule has 0 atom stereocenters. The molecule has 0 saturated heterocycles. The van der Waals surface area contributed by atoms with Crippen LogP contribution in [-0.4, -0.2) is 28.1 Å². The maximum Gasteiger partial charge on any atom is 0.267 e. The van der Waals surface area contributed by atoms with E-state index in [4.69, 9.17) is 23.2 Å². The molecule has 1 heterocycles. The van der Waals surface area contributed by atoms with Crippen LogP contribution < -0.4 is 5.32 Å². The molecule has 0 aliphatic carbocycles. The summed E-state index contributed by atoms with van der Waals surface area (Å²) < 4.78 is 0. The number of H-pyrrole nitrogens is 1. The lowest BCUT2D eigenvalue weighted by Gasteiger charge is -2.17. The van der Waals surface area contributed by atoms with Gasteiger partial charge in [0.2, 0.25) is 0 Å². The second-order valence-corrected chi connectivity index (χ2v) is 4.63. The fourth-order valence-corrected chi connectivity index (χ4v) is 1.23. The normalized spacial score (nSPS) is 11.5. The average molecular weight is 251 g/mol. The summed E-state index contributed by atoms with van der Waals surface area (Å²) in [5.74, 6) is -0.356. The third-order valence-electron chi connectivity index (χ3n) is 1.65. The summed E-state index contributed by atoms with van der Waals surface area (Å²) in [7, 11) is 0. The molecule has 1 aromatic rings. The standard InChI is InChI=1S/C9H12Cl2N2O2/c1-9(2,15)4-12-8(14)6-3-5(10)7(11)13-6/h3,13,15H,4H2,1-2H3,(H,12,14). The van der Waals surface area contributed by atoms with Gasteiger partial charge in [-0.3, -0.25) is 4.79 Å². The quantitative estimate of drug-likeness (QED) is 0.767. The number of halogens is 2. The molecule has 0 radical (unpaired) electrons. The van der Waals surface area contributed by atoms with Crippen molar-refractivity contribution in [2.45, 2.75) is 19.4 Å². The van der Waals surface area contributed by atoms with Gasteiger partial charge >= 0.3 is 0 Å². The van der Waals surface area contributed by atoms with Crippen molar-refractivity contribution in [1.29, 1.82) is 0 Å². The Morgan fingerprint density at radius 2 is 2.20 bits per heavy atom. The minimum atomic E-state index is -0.949. The average Bonchev–Trinajstić information content (AvgIpc) is 2.42. The summed E-state index contributed by atoms with van der Waals surface area (Å²) in [6.07, 6.45) is 0. The van der Waals surface area contributed by atoms with Crippen LogP contribution in [0.2, 0.25) is 10.2 Å². The van der Waals surface area contributed by atoms with Gasteiger partial charge in [-0.2, -0.15) is 0 Å². The molecule has 0 aliphatic rings. The van der Waals surface area contributed by atoms with E-state index in [-0.39, 0.29) is 23.3 Å². The molecule has 3 N–H and O–H groups in total. The first kappa shape index (κ1) is 12.4. The van der Waals surface area contributed by atoms with Gasteiger partial charge < -0.3 is 15.4 Å². The third kappa shape index (κ3) is 3.74. The van der Waals surface area contributed by atoms with Crippen LogP contribution in [0.4, 0.5) is 0 Å². The fourth-order valence-electron chi connectivity index (χ4n) is 0.918. The van der Waals surface area contributed by atoms with Crippen molar-refractivity contribution in [2.24, 2.45) is 0 Å². The molecule has 0 aliphatic heterocycles. The van der Waals surface area contributed by atoms with Gasteiger partial charge in [-0.15, -0.1) is 0 Å². The molecule has 6 heteroatoms. The predicted octanol–water partition coefficient (Wildman–Crippen LogP) is 1.82. The molecule has 15 heavy (non-hydrogen) atoms. The molecule has 0 saturated carbocycles. The maximum absolute atomic E-state index is 11.5. The minimum Gasteiger partial charge on any atom is -0.389 e. The highest BCUT2D eigenvalue weighted by Gasteiger charge is 2.16. The fraction of sp³-hybridized carbons (Fsp3) is 0.444. The largest absolute Gasteiger partial charge is 0.389 e. The number of amides is 1. The van der Waals surface area contributed by atoms with Crippen LogP contribution in [0.15, 0.2) is 6.07 Å². The van der Waals surface area contributed by atoms with E-state index in [0.717, 1.165) is 0 Å². The number of aromatic nitrogens is 1. The highest BCUT2D eigenvalue weighted by Crippen LogP contribution is 2.21. The summed E-state index contributed by atoms with van der Waals surface area (Å²) in [6, 6.07) is 1.43. The van der Waals surface area contributed by atoms with E-state index in [9.17, 15) is 9.90 Å². The Morgan fingerprint density at radius 1 is 1.60 bits per heavy atom. The number of aromatic amines is 1. The zero-order chi connectivity index (χ0) is 11.6. The first-order chi connectivity index (χ1) is 6.79. The van der Waals surface area contributed by atoms with Crippen molar-refractivity contribution in [1.82, 2.24) is 10.3 Å². The molecule has 1 aromatic heterocycles. The van der Waals surface area contributed by atoms with Gasteiger partial charge in [0.15, 0.2) is 0 Å². The zero-order valence-electron chi connectivity index (χ0n) is 8.40. The van der Waals surface area contributed by atoms with E-state index < -0.39 is 5.60 Å². The number of rotatable bonds is 3. The lowest BCUT2D eigenvalue weighted by molar-refractivity contribution is 0.0692. The third-order valence-corrected chi connectivity index (χ3v) is 2.34. The molecule has 0 bridgehead atoms. The monoisotopic (exact) mass is 250 g/mol. The van der Waals surface area contributed by atoms with Crippen LogP contribution in [0.1, 0.15) is 24.3 Å². The van der Waals surface area contributed by atoms with Crippen molar-refractivity contribution in [2.75, 3.05) is 6.54 Å². The van der Waals surface area contributed by atoms with Crippen molar-refractivity contribution < 1.29 is 9.90 Å². The number of hydrogen-bond acceptors (Lipinski definition) is 2. The zero-order valence-corrected chi connectivity index (χ0v) is 9.91. The Morgan fingerprint density at radius 3 is 2.60 bits per heavy atom. The summed E-state index contributed by atoms with van der Waals surface area (Å²) in [5, 5.41) is 12.5. The highest BCUT2D eigenvalue weighted by atomic mass is 35.5. The van der Waals surface area contributed by atoms with E-state index in [0.29, 0.717) is 5.02 Å². The molecule has 0 fully saturated rings. The van der Waals surface area contributed by atoms with Crippen LogP contribution in [0.3, 0.4) is 0 Å². The van der Waals surface area contributed by atoms with Crippen LogP contribution >= 0.6 is 23.2 Å². The SMILES string of the molecule is CC(C)(O)CNC(=O)c1cc(Cl)c(Cl)[nH]1. The Bertz CT molecular complexity index is 349. The number of carbonyl (C=O) groups excluding carboxylic acids is 1. The second kappa shape index (κ2) is 4.43. The molecule has 1 rings (SSSR count). The van der Waals surface area contributed by atoms with Gasteiger partial charge in [0.05, 0.1) is 10.6 Å². The van der Waals surface area contributed by atoms with Crippen LogP contribution in [-0.2, 0) is 0 Å². The molecule has 0 spiro atoms. The molecule has 0 aromatic carbocycles. The van der Waals surface area contributed by atoms with Crippen LogP contribution in [0.5, 0.6) is 0 Å². The summed E-state index contributed by atoms with van der Waals surface area (Å²) >= 11 is 11.3. The van der Waals surface area contributed by atoms with Crippen molar-refractivity contribution >= 4 is 29.1 Å². The Labute approximate surface area is 97.6 Å². The van der Waals surface area contributed by atoms with E-state index >= 15 is 0 Å². The molecule has 84 valence electrons. The van der Waals surface area contributed by atoms with E-state index in [1.54, 1.807) is 13.8 Å². The van der Waals surface area contributed by atoms with Gasteiger partial charge in [-0.1, -0.05) is 23.2 Å². The van der Waals surface area contributed by atoms with E-state index in [1.165, 1.54) is 6.07 Å². The number of nitrogens with one attached hydrogen (secondary N) is 2. The number of carbonyl (C=O) groups is 1. The molecule has 1 amide bonds. The van der Waals surface area contributed by atoms with Gasteiger partial charge in [-0.25, -0.2) is 0 Å². The van der Waals surface area contributed by atoms with Gasteiger partial charge in [0.25, 0.3) is 5.91 Å².